The Kier molecular flexibility index (Phi) is 3.07. The fraction of sp³-hybridized carbons (Fsp3) is 1.00. The van der Waals surface area contributed by atoms with E-state index in [4.69, 9.17) is 0 Å². The van der Waals surface area contributed by atoms with Gasteiger partial charge >= 0.3 is 0 Å². The number of halogens is 1. The standard InChI is InChI=1S/C13H24FN/c1-9(2)7-15-10(3)12-6-13(8-14)4-11(12)5-13/h9-12,15H,4-8H2,1-3H3. The normalized spacial score (nSPS) is 40.6. The molecule has 0 aromatic carbocycles. The third kappa shape index (κ3) is 2.06. The fourth-order valence-corrected chi connectivity index (χ4v) is 3.51. The summed E-state index contributed by atoms with van der Waals surface area (Å²) in [5, 5.41) is 3.60. The van der Waals surface area contributed by atoms with Gasteiger partial charge in [-0.15, -0.1) is 0 Å². The lowest BCUT2D eigenvalue weighted by Gasteiger charge is -2.36. The number of hydrogen-bond donors (Lipinski definition) is 1. The van der Waals surface area contributed by atoms with E-state index in [1.165, 1.54) is 0 Å². The van der Waals surface area contributed by atoms with Crippen LogP contribution >= 0.6 is 0 Å². The molecule has 1 nitrogen and oxygen atoms in total. The zero-order valence-corrected chi connectivity index (χ0v) is 10.2. The summed E-state index contributed by atoms with van der Waals surface area (Å²) in [5.41, 5.74) is 0.114. The van der Waals surface area contributed by atoms with Gasteiger partial charge in [0.25, 0.3) is 0 Å². The zero-order valence-electron chi connectivity index (χ0n) is 10.2. The van der Waals surface area contributed by atoms with Crippen LogP contribution in [0.4, 0.5) is 4.39 Å². The van der Waals surface area contributed by atoms with Gasteiger partial charge in [-0.25, -0.2) is 0 Å². The average molecular weight is 213 g/mol. The highest BCUT2D eigenvalue weighted by atomic mass is 19.1. The summed E-state index contributed by atoms with van der Waals surface area (Å²) in [6.07, 6.45) is 3.43. The van der Waals surface area contributed by atoms with Crippen molar-refractivity contribution >= 4 is 0 Å². The van der Waals surface area contributed by atoms with Crippen molar-refractivity contribution in [2.24, 2.45) is 23.2 Å². The van der Waals surface area contributed by atoms with Crippen LogP contribution in [0.3, 0.4) is 0 Å². The Morgan fingerprint density at radius 2 is 1.93 bits per heavy atom. The van der Waals surface area contributed by atoms with E-state index in [-0.39, 0.29) is 12.1 Å². The van der Waals surface area contributed by atoms with E-state index in [1.807, 2.05) is 0 Å². The first-order valence-corrected chi connectivity index (χ1v) is 6.36. The van der Waals surface area contributed by atoms with Gasteiger partial charge < -0.3 is 5.32 Å². The minimum Gasteiger partial charge on any atom is -0.314 e. The zero-order chi connectivity index (χ0) is 11.1. The summed E-state index contributed by atoms with van der Waals surface area (Å²) in [5.74, 6) is 2.26. The van der Waals surface area contributed by atoms with E-state index >= 15 is 0 Å². The predicted molar refractivity (Wildman–Crippen MR) is 61.5 cm³/mol. The highest BCUT2D eigenvalue weighted by molar-refractivity contribution is 5.07. The van der Waals surface area contributed by atoms with Gasteiger partial charge in [0.05, 0.1) is 6.67 Å². The fourth-order valence-electron chi connectivity index (χ4n) is 3.51. The highest BCUT2D eigenvalue weighted by Gasteiger charge is 2.56. The first-order valence-electron chi connectivity index (χ1n) is 6.36. The molecule has 2 atom stereocenters. The molecule has 0 saturated heterocycles. The van der Waals surface area contributed by atoms with Crippen molar-refractivity contribution < 1.29 is 4.39 Å². The van der Waals surface area contributed by atoms with Gasteiger partial charge in [0, 0.05) is 6.04 Å². The molecule has 1 N–H and O–H groups in total. The first kappa shape index (κ1) is 11.4. The molecule has 0 aromatic rings. The van der Waals surface area contributed by atoms with Gasteiger partial charge in [-0.1, -0.05) is 13.8 Å². The molecule has 3 aliphatic carbocycles. The second-order valence-electron chi connectivity index (χ2n) is 6.26. The maximum absolute atomic E-state index is 12.9. The summed E-state index contributed by atoms with van der Waals surface area (Å²) in [6.45, 7) is 7.75. The van der Waals surface area contributed by atoms with E-state index in [0.29, 0.717) is 12.0 Å². The van der Waals surface area contributed by atoms with Crippen molar-refractivity contribution in [1.29, 1.82) is 0 Å². The molecule has 0 aromatic heterocycles. The van der Waals surface area contributed by atoms with E-state index < -0.39 is 0 Å². The van der Waals surface area contributed by atoms with Crippen LogP contribution in [-0.4, -0.2) is 19.3 Å². The maximum Gasteiger partial charge on any atom is 0.0950 e. The van der Waals surface area contributed by atoms with Gasteiger partial charge in [-0.05, 0) is 55.9 Å². The minimum atomic E-state index is -0.0864. The monoisotopic (exact) mass is 213 g/mol. The molecule has 2 unspecified atom stereocenters. The maximum atomic E-state index is 12.9. The molecule has 0 heterocycles. The lowest BCUT2D eigenvalue weighted by Crippen LogP contribution is -2.37. The number of nitrogens with one attached hydrogen (secondary N) is 1. The van der Waals surface area contributed by atoms with Gasteiger partial charge in [0.1, 0.15) is 0 Å². The molecule has 3 aliphatic rings. The van der Waals surface area contributed by atoms with Crippen molar-refractivity contribution in [3.05, 3.63) is 0 Å². The number of rotatable bonds is 5. The Balaban J connectivity index is 1.81. The van der Waals surface area contributed by atoms with Crippen LogP contribution in [0.15, 0.2) is 0 Å². The van der Waals surface area contributed by atoms with Crippen LogP contribution in [0, 0.1) is 23.2 Å². The molecule has 3 fully saturated rings. The Morgan fingerprint density at radius 1 is 1.27 bits per heavy atom. The molecule has 0 spiro atoms. The van der Waals surface area contributed by atoms with Crippen molar-refractivity contribution in [3.8, 4) is 0 Å². The van der Waals surface area contributed by atoms with Crippen LogP contribution in [0.25, 0.3) is 0 Å². The topological polar surface area (TPSA) is 12.0 Å². The van der Waals surface area contributed by atoms with Gasteiger partial charge in [-0.3, -0.25) is 4.39 Å². The molecule has 2 heteroatoms. The second kappa shape index (κ2) is 4.04. The van der Waals surface area contributed by atoms with Crippen LogP contribution in [-0.2, 0) is 0 Å². The number of alkyl halides is 1. The van der Waals surface area contributed by atoms with Crippen LogP contribution in [0.1, 0.15) is 40.0 Å². The van der Waals surface area contributed by atoms with E-state index in [1.54, 1.807) is 0 Å². The van der Waals surface area contributed by atoms with E-state index in [9.17, 15) is 4.39 Å². The van der Waals surface area contributed by atoms with Crippen LogP contribution in [0.2, 0.25) is 0 Å². The predicted octanol–water partition coefficient (Wildman–Crippen LogP) is 3.01. The Hall–Kier alpha value is -0.110. The summed E-state index contributed by atoms with van der Waals surface area (Å²) in [6, 6.07) is 0.577. The largest absolute Gasteiger partial charge is 0.314 e. The van der Waals surface area contributed by atoms with Crippen LogP contribution < -0.4 is 5.32 Å². The molecular weight excluding hydrogens is 189 g/mol. The quantitative estimate of drug-likeness (QED) is 0.740. The number of fused-ring (bicyclic) bond motifs is 1. The molecule has 88 valence electrons. The average Bonchev–Trinajstić information content (AvgIpc) is 2.67. The van der Waals surface area contributed by atoms with Crippen molar-refractivity contribution in [2.45, 2.75) is 46.1 Å². The SMILES string of the molecule is CC(C)CNC(C)C1CC2(CF)CC1C2. The van der Waals surface area contributed by atoms with E-state index in [2.05, 4.69) is 26.1 Å². The van der Waals surface area contributed by atoms with Crippen molar-refractivity contribution in [2.75, 3.05) is 13.2 Å². The molecule has 15 heavy (non-hydrogen) atoms. The third-order valence-corrected chi connectivity index (χ3v) is 4.44. The molecule has 2 bridgehead atoms. The van der Waals surface area contributed by atoms with Crippen molar-refractivity contribution in [3.63, 3.8) is 0 Å². The van der Waals surface area contributed by atoms with Crippen LogP contribution in [0.5, 0.6) is 0 Å². The summed E-state index contributed by atoms with van der Waals surface area (Å²) in [4.78, 5) is 0. The molecule has 0 amide bonds. The van der Waals surface area contributed by atoms with Gasteiger partial charge in [0.2, 0.25) is 0 Å². The Bertz CT molecular complexity index is 221. The molecule has 3 rings (SSSR count). The summed E-state index contributed by atoms with van der Waals surface area (Å²) in [7, 11) is 0. The summed E-state index contributed by atoms with van der Waals surface area (Å²) >= 11 is 0. The number of hydrogen-bond acceptors (Lipinski definition) is 1. The Morgan fingerprint density at radius 3 is 2.40 bits per heavy atom. The lowest BCUT2D eigenvalue weighted by atomic mass is 9.70. The second-order valence-corrected chi connectivity index (χ2v) is 6.26. The molecule has 0 aliphatic heterocycles. The smallest absolute Gasteiger partial charge is 0.0950 e. The lowest BCUT2D eigenvalue weighted by molar-refractivity contribution is 0.0983. The van der Waals surface area contributed by atoms with Crippen molar-refractivity contribution in [1.82, 2.24) is 5.32 Å². The molecule has 3 saturated carbocycles. The third-order valence-electron chi connectivity index (χ3n) is 4.44. The highest BCUT2D eigenvalue weighted by Crippen LogP contribution is 2.62. The molecular formula is C13H24FN. The van der Waals surface area contributed by atoms with Gasteiger partial charge in [0.15, 0.2) is 0 Å². The molecule has 0 radical (unpaired) electrons. The Labute approximate surface area is 92.8 Å². The van der Waals surface area contributed by atoms with E-state index in [0.717, 1.165) is 37.6 Å². The minimum absolute atomic E-state index is 0.0864. The first-order chi connectivity index (χ1) is 7.06. The van der Waals surface area contributed by atoms with Gasteiger partial charge in [-0.2, -0.15) is 0 Å². The summed E-state index contributed by atoms with van der Waals surface area (Å²) < 4.78 is 12.9.